The van der Waals surface area contributed by atoms with Gasteiger partial charge in [-0.05, 0) is 62.4 Å². The topological polar surface area (TPSA) is 130 Å². The Morgan fingerprint density at radius 2 is 1.25 bits per heavy atom. The molecular weight excluding hydrogens is 883 g/mol. The molecule has 2 atom stereocenters. The van der Waals surface area contributed by atoms with Crippen molar-refractivity contribution in [3.63, 3.8) is 0 Å². The molecule has 0 aliphatic heterocycles. The maximum Gasteiger partial charge on any atom is 1.00 e. The van der Waals surface area contributed by atoms with Gasteiger partial charge in [0.15, 0.2) is 11.6 Å². The first kappa shape index (κ1) is 49.3. The van der Waals surface area contributed by atoms with E-state index in [1.54, 1.807) is 29.1 Å². The second kappa shape index (κ2) is 20.0. The van der Waals surface area contributed by atoms with E-state index in [1.807, 2.05) is 6.07 Å². The molecule has 4 aromatic heterocycles. The van der Waals surface area contributed by atoms with Gasteiger partial charge in [0.2, 0.25) is 0 Å². The predicted octanol–water partition coefficient (Wildman–Crippen LogP) is 6.64. The van der Waals surface area contributed by atoms with Gasteiger partial charge in [0.25, 0.3) is 11.6 Å². The van der Waals surface area contributed by atoms with Crippen LogP contribution in [0.1, 0.15) is 37.5 Å². The van der Waals surface area contributed by atoms with Gasteiger partial charge in [-0.2, -0.15) is 26.3 Å². The smallest absolute Gasteiger partial charge is 1.00 e. The van der Waals surface area contributed by atoms with Crippen LogP contribution in [0.2, 0.25) is 0 Å². The van der Waals surface area contributed by atoms with Crippen LogP contribution in [0.5, 0.6) is 0 Å². The summed E-state index contributed by atoms with van der Waals surface area (Å²) in [7, 11) is 0. The summed E-state index contributed by atoms with van der Waals surface area (Å²) >= 11 is 2.95. The number of halogens is 9. The van der Waals surface area contributed by atoms with Crippen LogP contribution in [0.15, 0.2) is 85.5 Å². The van der Waals surface area contributed by atoms with Crippen LogP contribution in [-0.2, 0) is 41.3 Å². The molecule has 0 unspecified atom stereocenters. The van der Waals surface area contributed by atoms with Gasteiger partial charge in [-0.3, -0.25) is 9.59 Å². The van der Waals surface area contributed by atoms with Gasteiger partial charge < -0.3 is 30.9 Å². The summed E-state index contributed by atoms with van der Waals surface area (Å²) in [6.07, 6.45) is -4.96. The van der Waals surface area contributed by atoms with Crippen molar-refractivity contribution in [2.75, 3.05) is 5.33 Å². The van der Waals surface area contributed by atoms with E-state index < -0.39 is 76.5 Å². The van der Waals surface area contributed by atoms with E-state index in [0.29, 0.717) is 23.0 Å². The molecule has 0 saturated heterocycles. The number of nitrogens with one attached hydrogen (secondary N) is 1. The van der Waals surface area contributed by atoms with Gasteiger partial charge in [-0.1, -0.05) is 41.2 Å². The Balaban J connectivity index is 0.000000346. The van der Waals surface area contributed by atoms with E-state index in [1.165, 1.54) is 44.2 Å². The maximum atomic E-state index is 13.3. The van der Waals surface area contributed by atoms with Gasteiger partial charge in [-0.25, -0.2) is 8.78 Å². The fourth-order valence-corrected chi connectivity index (χ4v) is 5.68. The van der Waals surface area contributed by atoms with Crippen molar-refractivity contribution in [2.45, 2.75) is 56.8 Å². The average Bonchev–Trinajstić information content (AvgIpc) is 3.80. The molecule has 3 N–H and O–H groups in total. The Bertz CT molecular complexity index is 2580. The molecule has 0 aliphatic carbocycles. The number of Topliss-reactive ketones (excluding diaryl/α,β-unsaturated/α-hetero) is 2. The first-order valence-electron chi connectivity index (χ1n) is 16.9. The Labute approximate surface area is 368 Å². The average molecular weight is 916 g/mol. The zero-order valence-corrected chi connectivity index (χ0v) is 35.3. The minimum absolute atomic E-state index is 0. The molecule has 6 aromatic rings. The SMILES string of the molecule is Fc1ccc2[nH]ccc2c1.[C-]#[N+]c1ncc(CC(=O)[C@@](C)(O)CBr)cc1C(F)(F)F.[C-]#[N+]c1ncc(CC(=O)[C@@](C)(O)Cn2ccc3cc(F)ccc32)cc1C(F)(F)F.[H-].[Na+]. The van der Waals surface area contributed by atoms with Crippen LogP contribution in [0.25, 0.3) is 31.5 Å². The van der Waals surface area contributed by atoms with E-state index in [4.69, 9.17) is 13.1 Å². The molecule has 0 amide bonds. The Morgan fingerprint density at radius 3 is 1.73 bits per heavy atom. The number of H-pyrrole nitrogens is 1. The molecule has 6 rings (SSSR count). The summed E-state index contributed by atoms with van der Waals surface area (Å²) in [6.45, 7) is 15.8. The third-order valence-electron chi connectivity index (χ3n) is 8.59. The minimum atomic E-state index is -4.78. The number of carbonyl (C=O) groups is 2. The summed E-state index contributed by atoms with van der Waals surface area (Å²) in [6, 6.07) is 13.6. The number of nitrogens with zero attached hydrogens (tertiary/aromatic N) is 5. The van der Waals surface area contributed by atoms with Crippen molar-refractivity contribution in [1.82, 2.24) is 19.5 Å². The number of ketones is 2. The van der Waals surface area contributed by atoms with E-state index in [0.717, 1.165) is 23.3 Å². The van der Waals surface area contributed by atoms with Crippen LogP contribution in [-0.4, -0.2) is 57.8 Å². The van der Waals surface area contributed by atoms with E-state index in [9.17, 15) is 54.9 Å². The van der Waals surface area contributed by atoms with E-state index in [-0.39, 0.29) is 59.8 Å². The zero-order valence-electron chi connectivity index (χ0n) is 32.8. The molecule has 60 heavy (non-hydrogen) atoms. The Kier molecular flexibility index (Phi) is 16.5. The third kappa shape index (κ3) is 12.7. The summed E-state index contributed by atoms with van der Waals surface area (Å²) in [5.74, 6) is -3.53. The summed E-state index contributed by atoms with van der Waals surface area (Å²) in [5.41, 5.74) is -4.46. The fraction of sp³-hybridized carbons (Fsp3) is 0.250. The molecule has 0 bridgehead atoms. The molecule has 2 aromatic carbocycles. The minimum Gasteiger partial charge on any atom is -1.00 e. The van der Waals surface area contributed by atoms with Crippen molar-refractivity contribution < 1.29 is 85.9 Å². The van der Waals surface area contributed by atoms with Crippen LogP contribution in [0, 0.1) is 24.8 Å². The van der Waals surface area contributed by atoms with E-state index >= 15 is 0 Å². The summed E-state index contributed by atoms with van der Waals surface area (Å²) < 4.78 is 105. The van der Waals surface area contributed by atoms with Gasteiger partial charge >= 0.3 is 41.9 Å². The van der Waals surface area contributed by atoms with Gasteiger partial charge in [0.1, 0.15) is 35.2 Å². The van der Waals surface area contributed by atoms with Crippen molar-refractivity contribution >= 4 is 60.9 Å². The van der Waals surface area contributed by atoms with Gasteiger partial charge in [0.05, 0.1) is 17.7 Å². The van der Waals surface area contributed by atoms with Gasteiger partial charge in [0, 0.05) is 63.5 Å². The number of aliphatic hydroxyl groups is 2. The number of hydrogen-bond donors (Lipinski definition) is 3. The molecule has 10 nitrogen and oxygen atoms in total. The van der Waals surface area contributed by atoms with Crippen LogP contribution in [0.3, 0.4) is 0 Å². The van der Waals surface area contributed by atoms with Crippen molar-refractivity contribution in [1.29, 1.82) is 0 Å². The Morgan fingerprint density at radius 1 is 0.767 bits per heavy atom. The maximum absolute atomic E-state index is 13.3. The first-order chi connectivity index (χ1) is 27.5. The molecule has 310 valence electrons. The molecule has 0 spiro atoms. The van der Waals surface area contributed by atoms with Crippen LogP contribution >= 0.6 is 15.9 Å². The predicted molar refractivity (Wildman–Crippen MR) is 205 cm³/mol. The van der Waals surface area contributed by atoms with Crippen molar-refractivity contribution in [3.05, 3.63) is 142 Å². The Hall–Kier alpha value is -5.02. The third-order valence-corrected chi connectivity index (χ3v) is 9.68. The summed E-state index contributed by atoms with van der Waals surface area (Å²) in [5, 5.41) is 21.8. The zero-order chi connectivity index (χ0) is 43.9. The number of rotatable bonds is 9. The standard InChI is InChI=1S/C20H15F4N3O2.C12H10BrF3N2O2.C8H6FN.Na.H/c1-19(29,11-27-6-5-13-9-14(21)3-4-16(13)27)17(28)8-12-7-15(20(22,23)24)18(25-2)26-10-12;1-11(20,6-13)9(19)4-7-3-8(12(14,15)16)10(17-2)18-5-7;9-7-1-2-8-6(5-7)3-4-10-8;;/h3-7,9-10,29H,8,11H2,1H3;3,5,20H,4,6H2,1H3;1-5,10H;;/q;;;+1;-1/t19-;11-;;;/m00.../s1. The normalized spacial score (nSPS) is 13.2. The van der Waals surface area contributed by atoms with E-state index in [2.05, 4.69) is 40.6 Å². The second-order valence-corrected chi connectivity index (χ2v) is 13.9. The fourth-order valence-electron chi connectivity index (χ4n) is 5.37. The molecule has 20 heteroatoms. The number of aromatic amines is 1. The second-order valence-electron chi connectivity index (χ2n) is 13.4. The van der Waals surface area contributed by atoms with Crippen LogP contribution in [0.4, 0.5) is 46.8 Å². The number of benzene rings is 2. The van der Waals surface area contributed by atoms with Crippen molar-refractivity contribution in [3.8, 4) is 0 Å². The summed E-state index contributed by atoms with van der Waals surface area (Å²) in [4.78, 5) is 39.6. The monoisotopic (exact) mass is 914 g/mol. The van der Waals surface area contributed by atoms with Crippen molar-refractivity contribution in [2.24, 2.45) is 0 Å². The molecule has 4 heterocycles. The molecule has 0 aliphatic rings. The molecule has 0 fully saturated rings. The molecule has 0 radical (unpaired) electrons. The molecule has 0 saturated carbocycles. The number of hydrogen-bond acceptors (Lipinski definition) is 6. The van der Waals surface area contributed by atoms with Crippen LogP contribution < -0.4 is 29.6 Å². The number of alkyl halides is 7. The number of carbonyl (C=O) groups excluding carboxylic acids is 2. The number of pyridine rings is 2. The molecular formula is C40H32BrF8N6NaO4. The number of aromatic nitrogens is 4. The largest absolute Gasteiger partial charge is 1.00 e. The first-order valence-corrected chi connectivity index (χ1v) is 18.0. The number of fused-ring (bicyclic) bond motifs is 2. The quantitative estimate of drug-likeness (QED) is 0.0646. The van der Waals surface area contributed by atoms with Gasteiger partial charge in [-0.15, -0.1) is 9.97 Å².